The number of aromatic nitrogens is 1. The van der Waals surface area contributed by atoms with Crippen LogP contribution in [-0.4, -0.2) is 68.5 Å². The molecule has 0 N–H and O–H groups in total. The molecule has 0 aliphatic carbocycles. The lowest BCUT2D eigenvalue weighted by Gasteiger charge is -2.39. The van der Waals surface area contributed by atoms with Gasteiger partial charge in [-0.25, -0.2) is 4.98 Å². The fraction of sp³-hybridized carbons (Fsp3) is 0.500. The molecule has 0 saturated carbocycles. The summed E-state index contributed by atoms with van der Waals surface area (Å²) in [6, 6.07) is 6.61. The van der Waals surface area contributed by atoms with Gasteiger partial charge in [-0.1, -0.05) is 12.1 Å². The maximum absolute atomic E-state index is 13.8. The highest BCUT2D eigenvalue weighted by Gasteiger charge is 2.49. The van der Waals surface area contributed by atoms with Crippen molar-refractivity contribution in [2.24, 2.45) is 5.92 Å². The zero-order chi connectivity index (χ0) is 26.4. The first-order valence-corrected chi connectivity index (χ1v) is 12.0. The van der Waals surface area contributed by atoms with Crippen molar-refractivity contribution in [3.63, 3.8) is 0 Å². The van der Waals surface area contributed by atoms with E-state index in [-0.39, 0.29) is 23.8 Å². The zero-order valence-electron chi connectivity index (χ0n) is 21.3. The molecule has 0 unspecified atom stereocenters. The Kier molecular flexibility index (Phi) is 7.01. The van der Waals surface area contributed by atoms with Crippen molar-refractivity contribution < 1.29 is 22.8 Å². The third-order valence-electron chi connectivity index (χ3n) is 6.91. The molecular formula is C26H32F3N5O2. The van der Waals surface area contributed by atoms with Crippen LogP contribution in [0.4, 0.5) is 30.4 Å². The number of aryl methyl sites for hydroxylation is 2. The minimum atomic E-state index is -4.59. The van der Waals surface area contributed by atoms with E-state index < -0.39 is 29.6 Å². The molecule has 2 amide bonds. The quantitative estimate of drug-likeness (QED) is 0.620. The fourth-order valence-corrected chi connectivity index (χ4v) is 5.28. The molecule has 2 aromatic rings. The minimum absolute atomic E-state index is 0.0621. The van der Waals surface area contributed by atoms with Gasteiger partial charge < -0.3 is 14.7 Å². The summed E-state index contributed by atoms with van der Waals surface area (Å²) in [6.07, 6.45) is -3.65. The number of para-hydroxylation sites is 1. The van der Waals surface area contributed by atoms with Crippen LogP contribution in [0.2, 0.25) is 0 Å². The average Bonchev–Trinajstić information content (AvgIpc) is 3.10. The Balaban J connectivity index is 1.78. The van der Waals surface area contributed by atoms with Gasteiger partial charge in [0.15, 0.2) is 0 Å². The number of likely N-dealkylation sites (N-methyl/N-ethyl adjacent to an activating group) is 1. The van der Waals surface area contributed by atoms with Crippen molar-refractivity contribution in [3.05, 3.63) is 47.2 Å². The Bertz CT molecular complexity index is 1170. The third-order valence-corrected chi connectivity index (χ3v) is 6.91. The van der Waals surface area contributed by atoms with E-state index in [1.165, 1.54) is 16.7 Å². The van der Waals surface area contributed by atoms with Crippen LogP contribution in [0, 0.1) is 19.8 Å². The van der Waals surface area contributed by atoms with Crippen LogP contribution < -0.4 is 14.7 Å². The molecule has 2 atom stereocenters. The molecule has 1 aromatic carbocycles. The summed E-state index contributed by atoms with van der Waals surface area (Å²) in [6.45, 7) is 5.48. The van der Waals surface area contributed by atoms with Gasteiger partial charge in [0.05, 0.1) is 16.9 Å². The van der Waals surface area contributed by atoms with Crippen LogP contribution in [-0.2, 0) is 15.8 Å². The summed E-state index contributed by atoms with van der Waals surface area (Å²) in [4.78, 5) is 38.3. The number of hydrogen-bond acceptors (Lipinski definition) is 5. The van der Waals surface area contributed by atoms with Crippen LogP contribution in [0.25, 0.3) is 0 Å². The van der Waals surface area contributed by atoms with Gasteiger partial charge in [0.25, 0.3) is 0 Å². The average molecular weight is 504 g/mol. The number of nitrogens with zero attached hydrogens (tertiary/aromatic N) is 5. The van der Waals surface area contributed by atoms with E-state index in [9.17, 15) is 22.8 Å². The summed E-state index contributed by atoms with van der Waals surface area (Å²) in [5.74, 6) is -1.25. The van der Waals surface area contributed by atoms with Crippen LogP contribution in [0.15, 0.2) is 30.3 Å². The van der Waals surface area contributed by atoms with Crippen molar-refractivity contribution in [2.75, 3.05) is 55.5 Å². The topological polar surface area (TPSA) is 60.0 Å². The summed E-state index contributed by atoms with van der Waals surface area (Å²) >= 11 is 0. The first-order valence-electron chi connectivity index (χ1n) is 12.0. The summed E-state index contributed by atoms with van der Waals surface area (Å²) < 4.78 is 40.6. The Morgan fingerprint density at radius 1 is 1.14 bits per heavy atom. The molecule has 194 valence electrons. The summed E-state index contributed by atoms with van der Waals surface area (Å²) in [7, 11) is 5.67. The second-order valence-electron chi connectivity index (χ2n) is 9.97. The van der Waals surface area contributed by atoms with E-state index in [1.54, 1.807) is 7.05 Å². The second kappa shape index (κ2) is 9.72. The molecular weight excluding hydrogens is 471 g/mol. The Morgan fingerprint density at radius 3 is 2.53 bits per heavy atom. The van der Waals surface area contributed by atoms with E-state index in [4.69, 9.17) is 0 Å². The first-order chi connectivity index (χ1) is 16.9. The number of halogens is 3. The molecule has 36 heavy (non-hydrogen) atoms. The first kappa shape index (κ1) is 25.9. The van der Waals surface area contributed by atoms with Gasteiger partial charge in [-0.3, -0.25) is 14.5 Å². The highest BCUT2D eigenvalue weighted by molar-refractivity contribution is 6.10. The van der Waals surface area contributed by atoms with E-state index in [1.807, 2.05) is 39.2 Å². The van der Waals surface area contributed by atoms with Gasteiger partial charge in [-0.2, -0.15) is 13.2 Å². The monoisotopic (exact) mass is 503 g/mol. The normalized spacial score (nSPS) is 20.5. The number of anilines is 3. The van der Waals surface area contributed by atoms with Crippen molar-refractivity contribution in [1.29, 1.82) is 0 Å². The predicted molar refractivity (Wildman–Crippen MR) is 133 cm³/mol. The molecule has 3 heterocycles. The largest absolute Gasteiger partial charge is 0.416 e. The third kappa shape index (κ3) is 4.91. The molecule has 1 aromatic heterocycles. The van der Waals surface area contributed by atoms with Gasteiger partial charge in [0.2, 0.25) is 11.8 Å². The van der Waals surface area contributed by atoms with Crippen LogP contribution in [0.1, 0.15) is 29.7 Å². The molecule has 2 aliphatic rings. The van der Waals surface area contributed by atoms with Gasteiger partial charge in [0, 0.05) is 38.2 Å². The highest BCUT2D eigenvalue weighted by atomic mass is 19.4. The lowest BCUT2D eigenvalue weighted by molar-refractivity contribution is -0.137. The molecule has 4 rings (SSSR count). The Hall–Kier alpha value is -3.14. The zero-order valence-corrected chi connectivity index (χ0v) is 21.3. The van der Waals surface area contributed by atoms with Crippen molar-refractivity contribution in [3.8, 4) is 0 Å². The van der Waals surface area contributed by atoms with Crippen molar-refractivity contribution >= 4 is 29.0 Å². The van der Waals surface area contributed by atoms with Gasteiger partial charge in [-0.15, -0.1) is 0 Å². The Labute approximate surface area is 209 Å². The fourth-order valence-electron chi connectivity index (χ4n) is 5.28. The number of alkyl halides is 3. The number of carbonyl (C=O) groups is 2. The van der Waals surface area contributed by atoms with Gasteiger partial charge in [0.1, 0.15) is 11.9 Å². The van der Waals surface area contributed by atoms with Gasteiger partial charge >= 0.3 is 6.18 Å². The summed E-state index contributed by atoms with van der Waals surface area (Å²) in [5.41, 5.74) is 1.93. The van der Waals surface area contributed by atoms with E-state index >= 15 is 0 Å². The molecule has 1 saturated heterocycles. The molecule has 7 nitrogen and oxygen atoms in total. The number of pyridine rings is 1. The van der Waals surface area contributed by atoms with E-state index in [2.05, 4.69) is 14.8 Å². The number of benzene rings is 1. The molecule has 0 bridgehead atoms. The van der Waals surface area contributed by atoms with Gasteiger partial charge in [-0.05, 0) is 64.7 Å². The van der Waals surface area contributed by atoms with E-state index in [0.717, 1.165) is 48.6 Å². The SMILES string of the molecule is Cc1cc(C(F)(F)F)cc(N2C(=O)C[C@@H]3CN(CCCN(C)C)c4c(C)cccc4N(C)C(=O)[C@H]32)n1. The number of rotatable bonds is 5. The maximum atomic E-state index is 13.8. The number of fused-ring (bicyclic) bond motifs is 2. The number of carbonyl (C=O) groups excluding carboxylic acids is 2. The molecule has 1 fully saturated rings. The summed E-state index contributed by atoms with van der Waals surface area (Å²) in [5, 5.41) is 0. The van der Waals surface area contributed by atoms with Crippen LogP contribution in [0.5, 0.6) is 0 Å². The lowest BCUT2D eigenvalue weighted by Crippen LogP contribution is -2.52. The molecule has 0 radical (unpaired) electrons. The predicted octanol–water partition coefficient (Wildman–Crippen LogP) is 3.87. The number of amides is 2. The van der Waals surface area contributed by atoms with Crippen LogP contribution >= 0.6 is 0 Å². The second-order valence-corrected chi connectivity index (χ2v) is 9.97. The molecule has 10 heteroatoms. The lowest BCUT2D eigenvalue weighted by atomic mass is 9.95. The maximum Gasteiger partial charge on any atom is 0.416 e. The highest BCUT2D eigenvalue weighted by Crippen LogP contribution is 2.41. The minimum Gasteiger partial charge on any atom is -0.369 e. The van der Waals surface area contributed by atoms with Crippen molar-refractivity contribution in [2.45, 2.75) is 38.9 Å². The van der Waals surface area contributed by atoms with Crippen LogP contribution in [0.3, 0.4) is 0 Å². The smallest absolute Gasteiger partial charge is 0.369 e. The molecule has 0 spiro atoms. The Morgan fingerprint density at radius 2 is 1.86 bits per heavy atom. The van der Waals surface area contributed by atoms with Crippen molar-refractivity contribution in [1.82, 2.24) is 9.88 Å². The molecule has 2 aliphatic heterocycles. The van der Waals surface area contributed by atoms with E-state index in [0.29, 0.717) is 6.54 Å². The number of hydrogen-bond donors (Lipinski definition) is 0. The standard InChI is InChI=1S/C26H32F3N5O2/c1-16-8-6-9-20-23(16)33(11-7-10-31(3)4)15-18-13-22(35)34(24(18)25(36)32(20)5)21-14-19(26(27,28)29)12-17(2)30-21/h6,8-9,12,14,18,24H,7,10-11,13,15H2,1-5H3/t18-,24+/m1/s1.